The van der Waals surface area contributed by atoms with E-state index in [2.05, 4.69) is 10.1 Å². The number of amides is 2. The molecule has 3 heterocycles. The van der Waals surface area contributed by atoms with Gasteiger partial charge in [-0.2, -0.15) is 5.10 Å². The van der Waals surface area contributed by atoms with Crippen LogP contribution < -0.4 is 4.74 Å². The van der Waals surface area contributed by atoms with Gasteiger partial charge in [-0.05, 0) is 51.0 Å². The number of aryl methyl sites for hydroxylation is 3. The summed E-state index contributed by atoms with van der Waals surface area (Å²) >= 11 is 0. The van der Waals surface area contributed by atoms with E-state index >= 15 is 0 Å². The molecular weight excluding hydrogens is 406 g/mol. The maximum absolute atomic E-state index is 12.9. The van der Waals surface area contributed by atoms with Gasteiger partial charge in [0.25, 0.3) is 5.91 Å². The molecule has 0 saturated carbocycles. The van der Waals surface area contributed by atoms with Gasteiger partial charge in [0, 0.05) is 55.6 Å². The lowest BCUT2D eigenvalue weighted by Crippen LogP contribution is -2.50. The van der Waals surface area contributed by atoms with Crippen LogP contribution in [0.4, 0.5) is 0 Å². The molecule has 0 radical (unpaired) electrons. The molecule has 1 aliphatic heterocycles. The van der Waals surface area contributed by atoms with E-state index in [1.165, 1.54) is 0 Å². The molecule has 32 heavy (non-hydrogen) atoms. The number of hydrogen-bond acceptors (Lipinski definition) is 5. The molecule has 3 aromatic rings. The van der Waals surface area contributed by atoms with E-state index in [4.69, 9.17) is 4.74 Å². The summed E-state index contributed by atoms with van der Waals surface area (Å²) in [7, 11) is 1.58. The molecule has 168 valence electrons. The van der Waals surface area contributed by atoms with Gasteiger partial charge in [0.15, 0.2) is 5.65 Å². The lowest BCUT2D eigenvalue weighted by Gasteiger charge is -2.35. The van der Waals surface area contributed by atoms with Crippen LogP contribution in [0.1, 0.15) is 39.4 Å². The lowest BCUT2D eigenvalue weighted by molar-refractivity contribution is -0.132. The minimum absolute atomic E-state index is 0.0314. The molecule has 1 aliphatic rings. The van der Waals surface area contributed by atoms with E-state index in [0.29, 0.717) is 50.3 Å². The van der Waals surface area contributed by atoms with E-state index < -0.39 is 0 Å². The van der Waals surface area contributed by atoms with Crippen LogP contribution in [0, 0.1) is 20.8 Å². The molecule has 1 fully saturated rings. The Hall–Kier alpha value is -3.42. The third-order valence-corrected chi connectivity index (χ3v) is 6.11. The predicted octanol–water partition coefficient (Wildman–Crippen LogP) is 2.58. The summed E-state index contributed by atoms with van der Waals surface area (Å²) in [6.07, 6.45) is 1.04. The second-order valence-corrected chi connectivity index (χ2v) is 8.22. The Bertz CT molecular complexity index is 1160. The average molecular weight is 436 g/mol. The number of rotatable bonds is 5. The molecule has 1 aromatic carbocycles. The van der Waals surface area contributed by atoms with E-state index in [1.807, 2.05) is 48.4 Å². The van der Waals surface area contributed by atoms with Gasteiger partial charge in [0.2, 0.25) is 5.91 Å². The molecule has 8 heteroatoms. The molecular formula is C24H29N5O3. The van der Waals surface area contributed by atoms with Gasteiger partial charge in [-0.15, -0.1) is 0 Å². The fraction of sp³-hybridized carbons (Fsp3) is 0.417. The fourth-order valence-electron chi connectivity index (χ4n) is 4.29. The number of benzene rings is 1. The molecule has 0 atom stereocenters. The normalized spacial score (nSPS) is 14.1. The molecule has 2 aromatic heterocycles. The zero-order valence-electron chi connectivity index (χ0n) is 19.1. The van der Waals surface area contributed by atoms with Crippen LogP contribution in [-0.2, 0) is 11.2 Å². The summed E-state index contributed by atoms with van der Waals surface area (Å²) in [5.41, 5.74) is 5.41. The highest BCUT2D eigenvalue weighted by molar-refractivity contribution is 5.94. The van der Waals surface area contributed by atoms with Crippen molar-refractivity contribution in [3.63, 3.8) is 0 Å². The second kappa shape index (κ2) is 8.98. The average Bonchev–Trinajstić information content (AvgIpc) is 3.18. The van der Waals surface area contributed by atoms with Crippen molar-refractivity contribution >= 4 is 17.5 Å². The number of ether oxygens (including phenoxy) is 1. The molecule has 0 bridgehead atoms. The number of nitrogens with zero attached hydrogens (tertiary/aromatic N) is 5. The molecule has 0 aliphatic carbocycles. The summed E-state index contributed by atoms with van der Waals surface area (Å²) in [6.45, 7) is 8.10. The third kappa shape index (κ3) is 4.30. The van der Waals surface area contributed by atoms with Crippen molar-refractivity contribution in [1.29, 1.82) is 0 Å². The number of carbonyl (C=O) groups excluding carboxylic acids is 2. The van der Waals surface area contributed by atoms with Crippen LogP contribution in [0.15, 0.2) is 30.3 Å². The van der Waals surface area contributed by atoms with Crippen molar-refractivity contribution in [2.24, 2.45) is 0 Å². The zero-order chi connectivity index (χ0) is 22.8. The first-order valence-corrected chi connectivity index (χ1v) is 10.9. The summed E-state index contributed by atoms with van der Waals surface area (Å²) in [4.78, 5) is 33.9. The highest BCUT2D eigenvalue weighted by Gasteiger charge is 2.25. The molecule has 1 saturated heterocycles. The first-order valence-electron chi connectivity index (χ1n) is 10.9. The van der Waals surface area contributed by atoms with E-state index in [-0.39, 0.29) is 11.8 Å². The number of aromatic nitrogens is 3. The third-order valence-electron chi connectivity index (χ3n) is 6.11. The van der Waals surface area contributed by atoms with Crippen molar-refractivity contribution in [3.8, 4) is 5.75 Å². The fourth-order valence-corrected chi connectivity index (χ4v) is 4.29. The van der Waals surface area contributed by atoms with Gasteiger partial charge in [0.1, 0.15) is 5.75 Å². The first-order chi connectivity index (χ1) is 15.4. The van der Waals surface area contributed by atoms with Crippen molar-refractivity contribution in [1.82, 2.24) is 24.4 Å². The zero-order valence-corrected chi connectivity index (χ0v) is 19.1. The Morgan fingerprint density at radius 3 is 2.47 bits per heavy atom. The van der Waals surface area contributed by atoms with Crippen LogP contribution >= 0.6 is 0 Å². The van der Waals surface area contributed by atoms with Crippen LogP contribution in [0.2, 0.25) is 0 Å². The Morgan fingerprint density at radius 2 is 1.75 bits per heavy atom. The quantitative estimate of drug-likeness (QED) is 0.615. The van der Waals surface area contributed by atoms with Crippen LogP contribution in [-0.4, -0.2) is 69.5 Å². The standard InChI is InChI=1S/C24H29N5O3/c1-16-14-22-25-17(2)21(18(3)29(22)26-16)8-9-23(30)27-10-12-28(13-11-27)24(31)19-6-5-7-20(15-19)32-4/h5-7,14-15H,8-13H2,1-4H3. The molecule has 2 amide bonds. The van der Waals surface area contributed by atoms with Crippen LogP contribution in [0.25, 0.3) is 5.65 Å². The molecule has 0 unspecified atom stereocenters. The Labute approximate surface area is 187 Å². The van der Waals surface area contributed by atoms with Crippen molar-refractivity contribution in [2.75, 3.05) is 33.3 Å². The monoisotopic (exact) mass is 435 g/mol. The minimum atomic E-state index is -0.0314. The highest BCUT2D eigenvalue weighted by Crippen LogP contribution is 2.19. The van der Waals surface area contributed by atoms with Crippen LogP contribution in [0.3, 0.4) is 0 Å². The summed E-state index contributed by atoms with van der Waals surface area (Å²) < 4.78 is 7.06. The highest BCUT2D eigenvalue weighted by atomic mass is 16.5. The van der Waals surface area contributed by atoms with Gasteiger partial charge >= 0.3 is 0 Å². The van der Waals surface area contributed by atoms with Crippen molar-refractivity contribution < 1.29 is 14.3 Å². The van der Waals surface area contributed by atoms with E-state index in [0.717, 1.165) is 28.3 Å². The van der Waals surface area contributed by atoms with E-state index in [9.17, 15) is 9.59 Å². The summed E-state index contributed by atoms with van der Waals surface area (Å²) in [5.74, 6) is 0.735. The second-order valence-electron chi connectivity index (χ2n) is 8.22. The SMILES string of the molecule is COc1cccc(C(=O)N2CCN(C(=O)CCc3c(C)nc4cc(C)nn4c3C)CC2)c1. The van der Waals surface area contributed by atoms with Crippen molar-refractivity contribution in [3.05, 3.63) is 58.5 Å². The number of methoxy groups -OCH3 is 1. The largest absolute Gasteiger partial charge is 0.497 e. The Kier molecular flexibility index (Phi) is 6.12. The van der Waals surface area contributed by atoms with Gasteiger partial charge in [-0.1, -0.05) is 6.07 Å². The maximum atomic E-state index is 12.9. The van der Waals surface area contributed by atoms with Crippen molar-refractivity contribution in [2.45, 2.75) is 33.6 Å². The smallest absolute Gasteiger partial charge is 0.254 e. The lowest BCUT2D eigenvalue weighted by atomic mass is 10.1. The van der Waals surface area contributed by atoms with Gasteiger partial charge in [-0.3, -0.25) is 9.59 Å². The summed E-state index contributed by atoms with van der Waals surface area (Å²) in [6, 6.07) is 9.13. The van der Waals surface area contributed by atoms with Gasteiger partial charge < -0.3 is 14.5 Å². The van der Waals surface area contributed by atoms with Gasteiger partial charge in [-0.25, -0.2) is 9.50 Å². The minimum Gasteiger partial charge on any atom is -0.497 e. The molecule has 0 N–H and O–H groups in total. The predicted molar refractivity (Wildman–Crippen MR) is 121 cm³/mol. The number of fused-ring (bicyclic) bond motifs is 1. The Morgan fingerprint density at radius 1 is 1.03 bits per heavy atom. The van der Waals surface area contributed by atoms with Gasteiger partial charge in [0.05, 0.1) is 12.8 Å². The first kappa shape index (κ1) is 21.8. The molecule has 8 nitrogen and oxygen atoms in total. The molecule has 4 rings (SSSR count). The molecule has 0 spiro atoms. The number of hydrogen-bond donors (Lipinski definition) is 0. The summed E-state index contributed by atoms with van der Waals surface area (Å²) in [5, 5.41) is 4.51. The Balaban J connectivity index is 1.35. The maximum Gasteiger partial charge on any atom is 0.254 e. The topological polar surface area (TPSA) is 80.0 Å². The van der Waals surface area contributed by atoms with Crippen LogP contribution in [0.5, 0.6) is 5.75 Å². The van der Waals surface area contributed by atoms with E-state index in [1.54, 1.807) is 24.1 Å². The number of piperazine rings is 1. The number of carbonyl (C=O) groups is 2.